The number of aromatic nitrogens is 2. The van der Waals surface area contributed by atoms with E-state index in [1.807, 2.05) is 0 Å². The topological polar surface area (TPSA) is 56.3 Å². The smallest absolute Gasteiger partial charge is 0.0940 e. The highest BCUT2D eigenvalue weighted by molar-refractivity contribution is 5.28. The van der Waals surface area contributed by atoms with Crippen molar-refractivity contribution < 1.29 is 4.74 Å². The van der Waals surface area contributed by atoms with Crippen LogP contribution in [0.15, 0.2) is 0 Å². The third-order valence-corrected chi connectivity index (χ3v) is 3.91. The van der Waals surface area contributed by atoms with Gasteiger partial charge in [0.15, 0.2) is 0 Å². The van der Waals surface area contributed by atoms with Crippen molar-refractivity contribution >= 4 is 0 Å². The molecule has 17 heavy (non-hydrogen) atoms. The molecule has 94 valence electrons. The van der Waals surface area contributed by atoms with Crippen LogP contribution in [0.4, 0.5) is 0 Å². The molecule has 2 N–H and O–H groups in total. The molecule has 2 aliphatic rings. The summed E-state index contributed by atoms with van der Waals surface area (Å²) in [5.41, 5.74) is 9.41. The van der Waals surface area contributed by atoms with Crippen molar-refractivity contribution in [2.24, 2.45) is 5.73 Å². The summed E-state index contributed by atoms with van der Waals surface area (Å²) in [6, 6.07) is 0.523. The number of fused-ring (bicyclic) bond motifs is 1. The van der Waals surface area contributed by atoms with Crippen LogP contribution in [0, 0.1) is 0 Å². The number of nitrogens with two attached hydrogens (primary N) is 1. The molecule has 0 radical (unpaired) electrons. The second-order valence-corrected chi connectivity index (χ2v) is 5.05. The Balaban J connectivity index is 1.87. The summed E-state index contributed by atoms with van der Waals surface area (Å²) < 4.78 is 7.60. The molecule has 0 amide bonds. The Bertz CT molecular complexity index is 407. The fourth-order valence-electron chi connectivity index (χ4n) is 2.85. The van der Waals surface area contributed by atoms with E-state index >= 15 is 0 Å². The number of rotatable bonds is 2. The van der Waals surface area contributed by atoms with E-state index in [0.717, 1.165) is 18.8 Å². The van der Waals surface area contributed by atoms with Crippen LogP contribution in [0.25, 0.3) is 0 Å². The van der Waals surface area contributed by atoms with Gasteiger partial charge in [-0.25, -0.2) is 0 Å². The summed E-state index contributed by atoms with van der Waals surface area (Å²) in [4.78, 5) is 2.37. The van der Waals surface area contributed by atoms with Crippen LogP contribution in [-0.2, 0) is 24.5 Å². The van der Waals surface area contributed by atoms with Gasteiger partial charge in [-0.05, 0) is 33.0 Å². The first kappa shape index (κ1) is 11.2. The van der Waals surface area contributed by atoms with Gasteiger partial charge in [-0.3, -0.25) is 4.68 Å². The Morgan fingerprint density at radius 1 is 1.35 bits per heavy atom. The normalized spacial score (nSPS) is 22.0. The van der Waals surface area contributed by atoms with E-state index in [2.05, 4.69) is 16.6 Å². The van der Waals surface area contributed by atoms with Crippen LogP contribution in [-0.4, -0.2) is 34.8 Å². The van der Waals surface area contributed by atoms with Crippen LogP contribution in [0.3, 0.4) is 0 Å². The van der Waals surface area contributed by atoms with E-state index in [9.17, 15) is 0 Å². The third-order valence-electron chi connectivity index (χ3n) is 3.91. The molecule has 5 heteroatoms. The van der Waals surface area contributed by atoms with Crippen molar-refractivity contribution in [3.8, 4) is 0 Å². The lowest BCUT2D eigenvalue weighted by molar-refractivity contribution is 0.128. The monoisotopic (exact) mass is 236 g/mol. The summed E-state index contributed by atoms with van der Waals surface area (Å²) in [5.74, 6) is 0. The molecule has 0 saturated carbocycles. The van der Waals surface area contributed by atoms with Crippen molar-refractivity contribution in [3.05, 3.63) is 17.0 Å². The zero-order valence-corrected chi connectivity index (χ0v) is 10.4. The molecule has 0 spiro atoms. The Labute approximate surface area is 102 Å². The molecule has 0 bridgehead atoms. The van der Waals surface area contributed by atoms with E-state index in [1.165, 1.54) is 24.1 Å². The Hall–Kier alpha value is -0.910. The highest BCUT2D eigenvalue weighted by Gasteiger charge is 2.27. The highest BCUT2D eigenvalue weighted by Crippen LogP contribution is 2.29. The maximum absolute atomic E-state index is 5.88. The molecule has 1 fully saturated rings. The van der Waals surface area contributed by atoms with Crippen molar-refractivity contribution in [2.75, 3.05) is 20.1 Å². The van der Waals surface area contributed by atoms with Gasteiger partial charge in [-0.2, -0.15) is 5.10 Å². The van der Waals surface area contributed by atoms with E-state index in [-0.39, 0.29) is 0 Å². The maximum atomic E-state index is 5.88. The van der Waals surface area contributed by atoms with Crippen molar-refractivity contribution in [1.29, 1.82) is 0 Å². The van der Waals surface area contributed by atoms with Crippen LogP contribution >= 0.6 is 0 Å². The SMILES string of the molecule is CN1CCC(n2nc3c(c2CN)COC3)CC1. The van der Waals surface area contributed by atoms with Gasteiger partial charge in [-0.1, -0.05) is 0 Å². The lowest BCUT2D eigenvalue weighted by Crippen LogP contribution is -2.32. The van der Waals surface area contributed by atoms with E-state index in [4.69, 9.17) is 15.6 Å². The first-order chi connectivity index (χ1) is 8.29. The number of hydrogen-bond donors (Lipinski definition) is 1. The van der Waals surface area contributed by atoms with Crippen LogP contribution in [0.2, 0.25) is 0 Å². The fourth-order valence-corrected chi connectivity index (χ4v) is 2.85. The predicted octanol–water partition coefficient (Wildman–Crippen LogP) is 0.639. The number of piperidine rings is 1. The molecule has 5 nitrogen and oxygen atoms in total. The van der Waals surface area contributed by atoms with E-state index in [0.29, 0.717) is 25.8 Å². The molecule has 1 aromatic heterocycles. The van der Waals surface area contributed by atoms with Gasteiger partial charge in [0, 0.05) is 12.1 Å². The molecule has 1 aromatic rings. The zero-order chi connectivity index (χ0) is 11.8. The maximum Gasteiger partial charge on any atom is 0.0940 e. The van der Waals surface area contributed by atoms with Crippen molar-refractivity contribution in [3.63, 3.8) is 0 Å². The Morgan fingerprint density at radius 2 is 2.12 bits per heavy atom. The molecular formula is C12H20N4O. The molecule has 1 saturated heterocycles. The summed E-state index contributed by atoms with van der Waals surface area (Å²) in [7, 11) is 2.18. The number of likely N-dealkylation sites (tertiary alicyclic amines) is 1. The second kappa shape index (κ2) is 4.40. The van der Waals surface area contributed by atoms with Gasteiger partial charge in [0.2, 0.25) is 0 Å². The van der Waals surface area contributed by atoms with E-state index < -0.39 is 0 Å². The first-order valence-corrected chi connectivity index (χ1v) is 6.35. The van der Waals surface area contributed by atoms with Crippen LogP contribution in [0.1, 0.15) is 35.8 Å². The minimum atomic E-state index is 0.523. The van der Waals surface area contributed by atoms with Gasteiger partial charge in [0.1, 0.15) is 0 Å². The summed E-state index contributed by atoms with van der Waals surface area (Å²) in [6.45, 7) is 4.21. The number of nitrogens with zero attached hydrogens (tertiary/aromatic N) is 3. The molecule has 3 rings (SSSR count). The van der Waals surface area contributed by atoms with Crippen molar-refractivity contribution in [2.45, 2.75) is 38.6 Å². The molecule has 0 aliphatic carbocycles. The van der Waals surface area contributed by atoms with Gasteiger partial charge in [0.25, 0.3) is 0 Å². The number of hydrogen-bond acceptors (Lipinski definition) is 4. The van der Waals surface area contributed by atoms with Crippen molar-refractivity contribution in [1.82, 2.24) is 14.7 Å². The standard InChI is InChI=1S/C12H20N4O/c1-15-4-2-9(3-5-15)16-12(6-13)10-7-17-8-11(10)14-16/h9H,2-8,13H2,1H3. The largest absolute Gasteiger partial charge is 0.370 e. The minimum absolute atomic E-state index is 0.523. The average Bonchev–Trinajstić information content (AvgIpc) is 2.89. The first-order valence-electron chi connectivity index (χ1n) is 6.35. The zero-order valence-electron chi connectivity index (χ0n) is 10.4. The lowest BCUT2D eigenvalue weighted by atomic mass is 10.1. The van der Waals surface area contributed by atoms with Gasteiger partial charge in [0.05, 0.1) is 30.6 Å². The molecule has 0 atom stereocenters. The van der Waals surface area contributed by atoms with Gasteiger partial charge in [-0.15, -0.1) is 0 Å². The van der Waals surface area contributed by atoms with E-state index in [1.54, 1.807) is 0 Å². The summed E-state index contributed by atoms with van der Waals surface area (Å²) >= 11 is 0. The molecular weight excluding hydrogens is 216 g/mol. The fraction of sp³-hybridized carbons (Fsp3) is 0.750. The Morgan fingerprint density at radius 3 is 2.82 bits per heavy atom. The lowest BCUT2D eigenvalue weighted by Gasteiger charge is -2.30. The number of ether oxygens (including phenoxy) is 1. The molecule has 0 unspecified atom stereocenters. The average molecular weight is 236 g/mol. The van der Waals surface area contributed by atoms with Crippen LogP contribution in [0.5, 0.6) is 0 Å². The molecule has 2 aliphatic heterocycles. The highest BCUT2D eigenvalue weighted by atomic mass is 16.5. The molecule has 0 aromatic carbocycles. The van der Waals surface area contributed by atoms with Gasteiger partial charge < -0.3 is 15.4 Å². The van der Waals surface area contributed by atoms with Crippen LogP contribution < -0.4 is 5.73 Å². The quantitative estimate of drug-likeness (QED) is 0.818. The molecule has 3 heterocycles. The predicted molar refractivity (Wildman–Crippen MR) is 64.4 cm³/mol. The Kier molecular flexibility index (Phi) is 2.90. The van der Waals surface area contributed by atoms with Gasteiger partial charge >= 0.3 is 0 Å². The summed E-state index contributed by atoms with van der Waals surface area (Å²) in [6.07, 6.45) is 2.34. The second-order valence-electron chi connectivity index (χ2n) is 5.05. The third kappa shape index (κ3) is 1.88. The summed E-state index contributed by atoms with van der Waals surface area (Å²) in [5, 5.41) is 4.70. The minimum Gasteiger partial charge on any atom is -0.370 e.